The molecule has 0 aromatic rings. The molecular weight excluding hydrogens is 661 g/mol. The third-order valence-electron chi connectivity index (χ3n) is 11.5. The van der Waals surface area contributed by atoms with Crippen LogP contribution in [0.2, 0.25) is 0 Å². The van der Waals surface area contributed by atoms with E-state index in [0.29, 0.717) is 19.3 Å². The van der Waals surface area contributed by atoms with Crippen molar-refractivity contribution in [2.45, 2.75) is 283 Å². The summed E-state index contributed by atoms with van der Waals surface area (Å²) in [5, 5.41) is 33.8. The standard InChI is InChI=1S/C47H90O6/c1-4-7-10-13-16-19-22-23-26-28-31-34-37-40-43(49)46(52)47(53,44(50)41-38-35-32-29-25-21-18-15-12-9-6-3)45(51)42(48)39-36-33-30-27-24-20-17-14-11-8-5-2/h45-46,51-53H,4-41H2,1-3H3. The Labute approximate surface area is 328 Å². The molecule has 0 fully saturated rings. The van der Waals surface area contributed by atoms with Crippen molar-refractivity contribution in [2.75, 3.05) is 0 Å². The maximum atomic E-state index is 13.5. The zero-order valence-corrected chi connectivity index (χ0v) is 35.6. The minimum Gasteiger partial charge on any atom is -0.382 e. The van der Waals surface area contributed by atoms with Crippen LogP contribution in [0, 0.1) is 0 Å². The molecule has 0 aromatic heterocycles. The molecule has 6 heteroatoms. The fraction of sp³-hybridized carbons (Fsp3) is 0.936. The predicted molar refractivity (Wildman–Crippen MR) is 224 cm³/mol. The molecule has 0 spiro atoms. The molecule has 0 aliphatic rings. The highest BCUT2D eigenvalue weighted by molar-refractivity contribution is 6.01. The largest absolute Gasteiger partial charge is 0.382 e. The molecule has 314 valence electrons. The fourth-order valence-corrected chi connectivity index (χ4v) is 7.65. The molecule has 0 saturated carbocycles. The number of hydrogen-bond donors (Lipinski definition) is 3. The SMILES string of the molecule is CCCCCCCCCCCCCCCC(=O)C(O)C(O)(C(=O)CCCCCCCCCCCCC)C(O)C(=O)CCCCCCCCCCCCC. The van der Waals surface area contributed by atoms with Gasteiger partial charge < -0.3 is 15.3 Å². The second-order valence-electron chi connectivity index (χ2n) is 16.5. The van der Waals surface area contributed by atoms with Gasteiger partial charge in [-0.2, -0.15) is 0 Å². The molecule has 0 aliphatic heterocycles. The Bertz CT molecular complexity index is 843. The van der Waals surface area contributed by atoms with E-state index in [1.165, 1.54) is 148 Å². The number of carbonyl (C=O) groups excluding carboxylic acids is 3. The second kappa shape index (κ2) is 37.8. The number of ketones is 3. The van der Waals surface area contributed by atoms with Crippen molar-refractivity contribution in [1.82, 2.24) is 0 Å². The Morgan fingerprint density at radius 1 is 0.340 bits per heavy atom. The first-order valence-electron chi connectivity index (χ1n) is 23.4. The van der Waals surface area contributed by atoms with Gasteiger partial charge in [0.25, 0.3) is 0 Å². The van der Waals surface area contributed by atoms with Crippen molar-refractivity contribution in [3.63, 3.8) is 0 Å². The monoisotopic (exact) mass is 751 g/mol. The Balaban J connectivity index is 4.81. The second-order valence-corrected chi connectivity index (χ2v) is 16.5. The molecule has 0 heterocycles. The molecule has 0 aliphatic carbocycles. The fourth-order valence-electron chi connectivity index (χ4n) is 7.65. The van der Waals surface area contributed by atoms with Crippen LogP contribution >= 0.6 is 0 Å². The van der Waals surface area contributed by atoms with Gasteiger partial charge in [0.05, 0.1) is 0 Å². The Hall–Kier alpha value is -1.11. The van der Waals surface area contributed by atoms with E-state index in [0.717, 1.165) is 57.8 Å². The minimum absolute atomic E-state index is 0.0198. The smallest absolute Gasteiger partial charge is 0.189 e. The van der Waals surface area contributed by atoms with Crippen molar-refractivity contribution in [3.05, 3.63) is 0 Å². The van der Waals surface area contributed by atoms with E-state index >= 15 is 0 Å². The van der Waals surface area contributed by atoms with E-state index in [4.69, 9.17) is 0 Å². The van der Waals surface area contributed by atoms with E-state index in [2.05, 4.69) is 20.8 Å². The van der Waals surface area contributed by atoms with Crippen LogP contribution in [0.15, 0.2) is 0 Å². The normalized spacial score (nSPS) is 13.9. The molecular formula is C47H90O6. The predicted octanol–water partition coefficient (Wildman–Crippen LogP) is 13.0. The topological polar surface area (TPSA) is 112 Å². The molecule has 0 radical (unpaired) electrons. The molecule has 3 unspecified atom stereocenters. The highest BCUT2D eigenvalue weighted by atomic mass is 16.4. The average Bonchev–Trinajstić information content (AvgIpc) is 3.16. The molecule has 0 amide bonds. The van der Waals surface area contributed by atoms with E-state index in [-0.39, 0.29) is 19.3 Å². The highest BCUT2D eigenvalue weighted by Gasteiger charge is 2.53. The number of unbranched alkanes of at least 4 members (excludes halogenated alkanes) is 32. The summed E-state index contributed by atoms with van der Waals surface area (Å²) in [7, 11) is 0. The lowest BCUT2D eigenvalue weighted by Gasteiger charge is -2.34. The molecule has 3 atom stereocenters. The summed E-state index contributed by atoms with van der Waals surface area (Å²) in [6.07, 6.45) is 35.5. The summed E-state index contributed by atoms with van der Waals surface area (Å²) < 4.78 is 0. The lowest BCUT2D eigenvalue weighted by molar-refractivity contribution is -0.181. The number of carbonyl (C=O) groups is 3. The quantitative estimate of drug-likeness (QED) is 0.0535. The minimum atomic E-state index is -2.79. The van der Waals surface area contributed by atoms with Gasteiger partial charge in [-0.1, -0.05) is 226 Å². The first-order valence-corrected chi connectivity index (χ1v) is 23.4. The molecule has 6 nitrogen and oxygen atoms in total. The van der Waals surface area contributed by atoms with Crippen molar-refractivity contribution < 1.29 is 29.7 Å². The van der Waals surface area contributed by atoms with Crippen molar-refractivity contribution in [2.24, 2.45) is 0 Å². The van der Waals surface area contributed by atoms with Gasteiger partial charge in [0, 0.05) is 19.3 Å². The molecule has 3 N–H and O–H groups in total. The van der Waals surface area contributed by atoms with Crippen molar-refractivity contribution in [1.29, 1.82) is 0 Å². The van der Waals surface area contributed by atoms with Gasteiger partial charge in [0.2, 0.25) is 0 Å². The molecule has 0 saturated heterocycles. The lowest BCUT2D eigenvalue weighted by Crippen LogP contribution is -2.63. The van der Waals surface area contributed by atoms with Gasteiger partial charge in [-0.25, -0.2) is 0 Å². The molecule has 53 heavy (non-hydrogen) atoms. The number of Topliss-reactive ketones (excluding diaryl/α,β-unsaturated/α-hetero) is 3. The molecule has 0 aromatic carbocycles. The summed E-state index contributed by atoms with van der Waals surface area (Å²) in [6, 6.07) is 0. The van der Waals surface area contributed by atoms with Crippen LogP contribution in [0.3, 0.4) is 0 Å². The zero-order valence-electron chi connectivity index (χ0n) is 35.6. The number of hydrogen-bond acceptors (Lipinski definition) is 6. The van der Waals surface area contributed by atoms with Gasteiger partial charge in [-0.3, -0.25) is 14.4 Å². The first kappa shape index (κ1) is 51.9. The summed E-state index contributed by atoms with van der Waals surface area (Å²) in [5.74, 6) is -2.12. The van der Waals surface area contributed by atoms with E-state index in [1.54, 1.807) is 0 Å². The third kappa shape index (κ3) is 28.0. The number of aliphatic hydroxyl groups excluding tert-OH is 2. The number of rotatable bonds is 43. The van der Waals surface area contributed by atoms with Crippen LogP contribution in [0.5, 0.6) is 0 Å². The molecule has 0 bridgehead atoms. The van der Waals surface area contributed by atoms with Crippen LogP contribution in [0.25, 0.3) is 0 Å². The summed E-state index contributed by atoms with van der Waals surface area (Å²) in [6.45, 7) is 6.70. The van der Waals surface area contributed by atoms with Crippen molar-refractivity contribution in [3.8, 4) is 0 Å². The van der Waals surface area contributed by atoms with Crippen molar-refractivity contribution >= 4 is 17.3 Å². The summed E-state index contributed by atoms with van der Waals surface area (Å²) >= 11 is 0. The summed E-state index contributed by atoms with van der Waals surface area (Å²) in [4.78, 5) is 39.8. The van der Waals surface area contributed by atoms with Gasteiger partial charge in [-0.15, -0.1) is 0 Å². The van der Waals surface area contributed by atoms with Crippen LogP contribution < -0.4 is 0 Å². The highest BCUT2D eigenvalue weighted by Crippen LogP contribution is 2.26. The van der Waals surface area contributed by atoms with Crippen LogP contribution in [-0.4, -0.2) is 50.5 Å². The Kier molecular flexibility index (Phi) is 37.0. The van der Waals surface area contributed by atoms with Crippen LogP contribution in [0.1, 0.15) is 265 Å². The van der Waals surface area contributed by atoms with E-state index in [9.17, 15) is 29.7 Å². The molecule has 0 rings (SSSR count). The van der Waals surface area contributed by atoms with Gasteiger partial charge >= 0.3 is 0 Å². The Morgan fingerprint density at radius 2 is 0.528 bits per heavy atom. The van der Waals surface area contributed by atoms with E-state index in [1.807, 2.05) is 0 Å². The van der Waals surface area contributed by atoms with Gasteiger partial charge in [-0.05, 0) is 19.3 Å². The number of aliphatic hydroxyl groups is 3. The zero-order chi connectivity index (χ0) is 39.3. The lowest BCUT2D eigenvalue weighted by atomic mass is 9.78. The van der Waals surface area contributed by atoms with Crippen LogP contribution in [-0.2, 0) is 14.4 Å². The average molecular weight is 751 g/mol. The van der Waals surface area contributed by atoms with Gasteiger partial charge in [0.1, 0.15) is 0 Å². The third-order valence-corrected chi connectivity index (χ3v) is 11.5. The van der Waals surface area contributed by atoms with E-state index < -0.39 is 35.2 Å². The van der Waals surface area contributed by atoms with Gasteiger partial charge in [0.15, 0.2) is 35.2 Å². The Morgan fingerprint density at radius 3 is 0.755 bits per heavy atom. The maximum absolute atomic E-state index is 13.5. The first-order chi connectivity index (χ1) is 25.8. The maximum Gasteiger partial charge on any atom is 0.189 e. The summed E-state index contributed by atoms with van der Waals surface area (Å²) in [5.41, 5.74) is -2.79. The van der Waals surface area contributed by atoms with Crippen LogP contribution in [0.4, 0.5) is 0 Å².